The molecule has 0 saturated carbocycles. The van der Waals surface area contributed by atoms with E-state index in [1.165, 1.54) is 6.33 Å². The third-order valence-electron chi connectivity index (χ3n) is 2.61. The van der Waals surface area contributed by atoms with E-state index in [4.69, 9.17) is 14.7 Å². The van der Waals surface area contributed by atoms with Crippen LogP contribution in [0.2, 0.25) is 0 Å². The molecule has 1 aromatic heterocycles. The first-order chi connectivity index (χ1) is 9.19. The molecule has 0 saturated heterocycles. The van der Waals surface area contributed by atoms with Gasteiger partial charge in [-0.05, 0) is 28.1 Å². The molecule has 0 amide bonds. The topological polar surface area (TPSA) is 73.0 Å². The van der Waals surface area contributed by atoms with E-state index in [1.54, 1.807) is 18.8 Å². The standard InChI is InChI=1S/C12H11BrN4O2/c1-18-10-4-9(13)11(19-2)3-8(10)6-17-7-15-16-12(17)5-14/h3-4,7H,6H2,1-2H3. The molecule has 0 aliphatic heterocycles. The average Bonchev–Trinajstić information content (AvgIpc) is 2.87. The third-order valence-corrected chi connectivity index (χ3v) is 3.23. The van der Waals surface area contributed by atoms with Gasteiger partial charge in [-0.3, -0.25) is 0 Å². The highest BCUT2D eigenvalue weighted by molar-refractivity contribution is 9.10. The first kappa shape index (κ1) is 13.4. The van der Waals surface area contributed by atoms with Crippen LogP contribution < -0.4 is 9.47 Å². The van der Waals surface area contributed by atoms with Crippen LogP contribution >= 0.6 is 15.9 Å². The molecule has 2 rings (SSSR count). The predicted molar refractivity (Wildman–Crippen MR) is 71.1 cm³/mol. The maximum absolute atomic E-state index is 8.92. The number of hydrogen-bond donors (Lipinski definition) is 0. The Labute approximate surface area is 118 Å². The maximum Gasteiger partial charge on any atom is 0.235 e. The zero-order chi connectivity index (χ0) is 13.8. The second-order valence-corrected chi connectivity index (χ2v) is 4.55. The molecule has 6 nitrogen and oxygen atoms in total. The van der Waals surface area contributed by atoms with Gasteiger partial charge < -0.3 is 14.0 Å². The van der Waals surface area contributed by atoms with Gasteiger partial charge in [-0.1, -0.05) is 0 Å². The zero-order valence-corrected chi connectivity index (χ0v) is 12.0. The molecular weight excluding hydrogens is 312 g/mol. The summed E-state index contributed by atoms with van der Waals surface area (Å²) in [6, 6.07) is 5.66. The lowest BCUT2D eigenvalue weighted by Crippen LogP contribution is -2.04. The second-order valence-electron chi connectivity index (χ2n) is 3.69. The number of aromatic nitrogens is 3. The van der Waals surface area contributed by atoms with E-state index >= 15 is 0 Å². The molecule has 0 radical (unpaired) electrons. The van der Waals surface area contributed by atoms with Crippen LogP contribution in [-0.4, -0.2) is 29.0 Å². The number of methoxy groups -OCH3 is 2. The van der Waals surface area contributed by atoms with E-state index in [-0.39, 0.29) is 5.82 Å². The third kappa shape index (κ3) is 2.69. The monoisotopic (exact) mass is 322 g/mol. The molecule has 98 valence electrons. The van der Waals surface area contributed by atoms with E-state index in [1.807, 2.05) is 18.2 Å². The number of hydrogen-bond acceptors (Lipinski definition) is 5. The van der Waals surface area contributed by atoms with Crippen molar-refractivity contribution >= 4 is 15.9 Å². The summed E-state index contributed by atoms with van der Waals surface area (Å²) >= 11 is 3.40. The SMILES string of the molecule is COc1cc(Cn2cnnc2C#N)c(OC)cc1Br. The fourth-order valence-corrected chi connectivity index (χ4v) is 2.17. The molecule has 1 heterocycles. The highest BCUT2D eigenvalue weighted by atomic mass is 79.9. The summed E-state index contributed by atoms with van der Waals surface area (Å²) in [5, 5.41) is 16.4. The number of ether oxygens (including phenoxy) is 2. The number of benzene rings is 1. The lowest BCUT2D eigenvalue weighted by atomic mass is 10.2. The molecule has 0 aliphatic carbocycles. The quantitative estimate of drug-likeness (QED) is 0.860. The zero-order valence-electron chi connectivity index (χ0n) is 10.4. The maximum atomic E-state index is 8.92. The van der Waals surface area contributed by atoms with Gasteiger partial charge in [-0.15, -0.1) is 10.2 Å². The summed E-state index contributed by atoms with van der Waals surface area (Å²) in [4.78, 5) is 0. The van der Waals surface area contributed by atoms with Gasteiger partial charge in [0, 0.05) is 5.56 Å². The molecule has 2 aromatic rings. The fourth-order valence-electron chi connectivity index (χ4n) is 1.69. The van der Waals surface area contributed by atoms with Gasteiger partial charge in [0.25, 0.3) is 0 Å². The Bertz CT molecular complexity index is 633. The first-order valence-electron chi connectivity index (χ1n) is 5.38. The molecule has 0 bridgehead atoms. The smallest absolute Gasteiger partial charge is 0.235 e. The number of nitrogens with zero attached hydrogens (tertiary/aromatic N) is 4. The minimum absolute atomic E-state index is 0.254. The molecule has 0 N–H and O–H groups in total. The molecule has 7 heteroatoms. The molecule has 0 unspecified atom stereocenters. The molecule has 0 atom stereocenters. The summed E-state index contributed by atoms with van der Waals surface area (Å²) in [7, 11) is 3.19. The Morgan fingerprint density at radius 1 is 1.32 bits per heavy atom. The van der Waals surface area contributed by atoms with Gasteiger partial charge in [-0.25, -0.2) is 0 Å². The molecule has 0 fully saturated rings. The molecule has 0 aliphatic rings. The fraction of sp³-hybridized carbons (Fsp3) is 0.250. The van der Waals surface area contributed by atoms with Gasteiger partial charge in [0.15, 0.2) is 0 Å². The largest absolute Gasteiger partial charge is 0.496 e. The average molecular weight is 323 g/mol. The summed E-state index contributed by atoms with van der Waals surface area (Å²) in [6.45, 7) is 0.433. The second kappa shape index (κ2) is 5.71. The van der Waals surface area contributed by atoms with E-state index in [9.17, 15) is 0 Å². The van der Waals surface area contributed by atoms with Gasteiger partial charge in [0.2, 0.25) is 5.82 Å². The molecular formula is C12H11BrN4O2. The van der Waals surface area contributed by atoms with Crippen LogP contribution in [0.5, 0.6) is 11.5 Å². The predicted octanol–water partition coefficient (Wildman–Crippen LogP) is 1.98. The van der Waals surface area contributed by atoms with Crippen molar-refractivity contribution in [1.82, 2.24) is 14.8 Å². The lowest BCUT2D eigenvalue weighted by Gasteiger charge is -2.12. The Morgan fingerprint density at radius 2 is 2.05 bits per heavy atom. The van der Waals surface area contributed by atoms with Crippen LogP contribution in [0, 0.1) is 11.3 Å². The van der Waals surface area contributed by atoms with E-state index in [0.29, 0.717) is 18.0 Å². The van der Waals surface area contributed by atoms with E-state index in [2.05, 4.69) is 26.1 Å². The van der Waals surface area contributed by atoms with Crippen molar-refractivity contribution in [1.29, 1.82) is 5.26 Å². The Morgan fingerprint density at radius 3 is 2.68 bits per heavy atom. The number of nitriles is 1. The highest BCUT2D eigenvalue weighted by Crippen LogP contribution is 2.33. The normalized spacial score (nSPS) is 10.0. The van der Waals surface area contributed by atoms with Crippen LogP contribution in [0.3, 0.4) is 0 Å². The minimum Gasteiger partial charge on any atom is -0.496 e. The van der Waals surface area contributed by atoms with Gasteiger partial charge in [0.1, 0.15) is 23.9 Å². The number of rotatable bonds is 4. The van der Waals surface area contributed by atoms with Gasteiger partial charge >= 0.3 is 0 Å². The van der Waals surface area contributed by atoms with Crippen molar-refractivity contribution in [3.05, 3.63) is 34.3 Å². The van der Waals surface area contributed by atoms with E-state index < -0.39 is 0 Å². The van der Waals surface area contributed by atoms with E-state index in [0.717, 1.165) is 10.0 Å². The van der Waals surface area contributed by atoms with Gasteiger partial charge in [0.05, 0.1) is 25.2 Å². The lowest BCUT2D eigenvalue weighted by molar-refractivity contribution is 0.395. The Hall–Kier alpha value is -2.07. The van der Waals surface area contributed by atoms with Crippen LogP contribution in [-0.2, 0) is 6.54 Å². The van der Waals surface area contributed by atoms with Crippen LogP contribution in [0.4, 0.5) is 0 Å². The van der Waals surface area contributed by atoms with Crippen molar-refractivity contribution in [3.8, 4) is 17.6 Å². The summed E-state index contributed by atoms with van der Waals surface area (Å²) in [5.74, 6) is 1.65. The highest BCUT2D eigenvalue weighted by Gasteiger charge is 2.12. The van der Waals surface area contributed by atoms with Crippen LogP contribution in [0.25, 0.3) is 0 Å². The summed E-state index contributed by atoms with van der Waals surface area (Å²) < 4.78 is 13.0. The van der Waals surface area contributed by atoms with Crippen molar-refractivity contribution in [2.24, 2.45) is 0 Å². The van der Waals surface area contributed by atoms with Crippen molar-refractivity contribution in [2.45, 2.75) is 6.54 Å². The van der Waals surface area contributed by atoms with Crippen LogP contribution in [0.1, 0.15) is 11.4 Å². The Balaban J connectivity index is 2.42. The summed E-state index contributed by atoms with van der Waals surface area (Å²) in [6.07, 6.45) is 1.51. The first-order valence-corrected chi connectivity index (χ1v) is 6.17. The van der Waals surface area contributed by atoms with Crippen LogP contribution in [0.15, 0.2) is 22.9 Å². The van der Waals surface area contributed by atoms with Crippen molar-refractivity contribution in [2.75, 3.05) is 14.2 Å². The minimum atomic E-state index is 0.254. The number of halogens is 1. The van der Waals surface area contributed by atoms with Crippen molar-refractivity contribution < 1.29 is 9.47 Å². The molecule has 1 aromatic carbocycles. The Kier molecular flexibility index (Phi) is 4.02. The molecule has 19 heavy (non-hydrogen) atoms. The van der Waals surface area contributed by atoms with Crippen molar-refractivity contribution in [3.63, 3.8) is 0 Å². The molecule has 0 spiro atoms. The summed E-state index contributed by atoms with van der Waals surface area (Å²) in [5.41, 5.74) is 0.874. The van der Waals surface area contributed by atoms with Gasteiger partial charge in [-0.2, -0.15) is 5.26 Å².